The number of sulfonamides is 1. The first kappa shape index (κ1) is 13.9. The molecular formula is C12H11N3O2S. The van der Waals surface area contributed by atoms with Gasteiger partial charge in [-0.15, -0.1) is 0 Å². The van der Waals surface area contributed by atoms with E-state index in [0.29, 0.717) is 0 Å². The summed E-state index contributed by atoms with van der Waals surface area (Å²) in [6.07, 6.45) is 1.60. The van der Waals surface area contributed by atoms with E-state index < -0.39 is 10.0 Å². The summed E-state index contributed by atoms with van der Waals surface area (Å²) in [6.45, 7) is 2.87. The van der Waals surface area contributed by atoms with E-state index in [2.05, 4.69) is 6.58 Å². The average Bonchev–Trinajstić information content (AvgIpc) is 2.38. The van der Waals surface area contributed by atoms with Crippen LogP contribution in [0.15, 0.2) is 35.7 Å². The quantitative estimate of drug-likeness (QED) is 0.749. The Hall–Kier alpha value is -2.15. The van der Waals surface area contributed by atoms with Crippen LogP contribution in [0.5, 0.6) is 0 Å². The van der Waals surface area contributed by atoms with Crippen molar-refractivity contribution in [2.24, 2.45) is 0 Å². The summed E-state index contributed by atoms with van der Waals surface area (Å²) in [4.78, 5) is 0.0543. The van der Waals surface area contributed by atoms with Crippen LogP contribution in [-0.2, 0) is 10.0 Å². The van der Waals surface area contributed by atoms with Gasteiger partial charge in [-0.25, -0.2) is 8.42 Å². The minimum atomic E-state index is -3.80. The number of nitrogens with zero attached hydrogens (tertiary/aromatic N) is 3. The van der Waals surface area contributed by atoms with E-state index in [1.54, 1.807) is 30.3 Å². The highest BCUT2D eigenvalue weighted by Crippen LogP contribution is 2.16. The molecule has 0 amide bonds. The Labute approximate surface area is 106 Å². The van der Waals surface area contributed by atoms with Crippen LogP contribution in [0.25, 0.3) is 6.08 Å². The normalized spacial score (nSPS) is 10.6. The second-order valence-corrected chi connectivity index (χ2v) is 5.30. The topological polar surface area (TPSA) is 85.0 Å². The van der Waals surface area contributed by atoms with Gasteiger partial charge in [-0.1, -0.05) is 24.8 Å². The van der Waals surface area contributed by atoms with Crippen molar-refractivity contribution in [3.8, 4) is 12.1 Å². The third-order valence-corrected chi connectivity index (χ3v) is 4.05. The van der Waals surface area contributed by atoms with Crippen molar-refractivity contribution in [2.45, 2.75) is 4.90 Å². The highest BCUT2D eigenvalue weighted by atomic mass is 32.2. The third kappa shape index (κ3) is 2.95. The lowest BCUT2D eigenvalue weighted by Gasteiger charge is -2.15. The van der Waals surface area contributed by atoms with Gasteiger partial charge in [0.25, 0.3) is 0 Å². The predicted octanol–water partition coefficient (Wildman–Crippen LogP) is 1.37. The van der Waals surface area contributed by atoms with Crippen molar-refractivity contribution in [3.05, 3.63) is 36.4 Å². The fraction of sp³-hybridized carbons (Fsp3) is 0.167. The molecule has 0 aliphatic carbocycles. The highest BCUT2D eigenvalue weighted by molar-refractivity contribution is 7.89. The Morgan fingerprint density at radius 2 is 1.67 bits per heavy atom. The molecule has 6 heteroatoms. The Kier molecular flexibility index (Phi) is 4.61. The van der Waals surface area contributed by atoms with Gasteiger partial charge in [0.05, 0.1) is 17.0 Å². The summed E-state index contributed by atoms with van der Waals surface area (Å²) >= 11 is 0. The Morgan fingerprint density at radius 1 is 1.17 bits per heavy atom. The van der Waals surface area contributed by atoms with Crippen LogP contribution in [-0.4, -0.2) is 25.8 Å². The number of nitriles is 2. The molecule has 0 unspecified atom stereocenters. The van der Waals surface area contributed by atoms with Crippen molar-refractivity contribution >= 4 is 16.1 Å². The fourth-order valence-corrected chi connectivity index (χ4v) is 2.54. The van der Waals surface area contributed by atoms with Crippen LogP contribution >= 0.6 is 0 Å². The first-order valence-corrected chi connectivity index (χ1v) is 6.47. The van der Waals surface area contributed by atoms with Gasteiger partial charge < -0.3 is 0 Å². The van der Waals surface area contributed by atoms with E-state index >= 15 is 0 Å². The standard InChI is InChI=1S/C12H11N3O2S/c1-2-11-3-5-12(6-4-11)18(16,17)15(9-7-13)10-8-14/h2-6H,1,9-10H2. The maximum absolute atomic E-state index is 12.1. The van der Waals surface area contributed by atoms with E-state index in [4.69, 9.17) is 10.5 Å². The fourth-order valence-electron chi connectivity index (χ4n) is 1.31. The van der Waals surface area contributed by atoms with Crippen molar-refractivity contribution in [1.82, 2.24) is 4.31 Å². The Bertz CT molecular complexity index is 590. The van der Waals surface area contributed by atoms with Gasteiger partial charge in [0, 0.05) is 0 Å². The van der Waals surface area contributed by atoms with Gasteiger partial charge in [0.1, 0.15) is 13.1 Å². The molecule has 1 rings (SSSR count). The van der Waals surface area contributed by atoms with Crippen molar-refractivity contribution in [2.75, 3.05) is 13.1 Å². The summed E-state index contributed by atoms with van der Waals surface area (Å²) < 4.78 is 25.0. The van der Waals surface area contributed by atoms with Crippen molar-refractivity contribution in [3.63, 3.8) is 0 Å². The first-order chi connectivity index (χ1) is 8.56. The molecule has 0 aliphatic rings. The Morgan fingerprint density at radius 3 is 2.06 bits per heavy atom. The van der Waals surface area contributed by atoms with Gasteiger partial charge >= 0.3 is 0 Å². The molecule has 0 saturated heterocycles. The lowest BCUT2D eigenvalue weighted by atomic mass is 10.2. The highest BCUT2D eigenvalue weighted by Gasteiger charge is 2.23. The van der Waals surface area contributed by atoms with Gasteiger partial charge in [0.2, 0.25) is 10.0 Å². The zero-order valence-electron chi connectivity index (χ0n) is 9.57. The number of rotatable bonds is 5. The molecule has 0 bridgehead atoms. The van der Waals surface area contributed by atoms with Crippen LogP contribution in [0.4, 0.5) is 0 Å². The van der Waals surface area contributed by atoms with Crippen LogP contribution in [0.3, 0.4) is 0 Å². The lowest BCUT2D eigenvalue weighted by molar-refractivity contribution is 0.479. The van der Waals surface area contributed by atoms with Crippen LogP contribution in [0.2, 0.25) is 0 Å². The molecule has 0 atom stereocenters. The van der Waals surface area contributed by atoms with E-state index in [1.165, 1.54) is 12.1 Å². The smallest absolute Gasteiger partial charge is 0.207 e. The monoisotopic (exact) mass is 261 g/mol. The molecule has 0 radical (unpaired) electrons. The molecule has 0 N–H and O–H groups in total. The molecule has 0 heterocycles. The molecule has 0 spiro atoms. The van der Waals surface area contributed by atoms with Gasteiger partial charge in [0.15, 0.2) is 0 Å². The number of benzene rings is 1. The lowest BCUT2D eigenvalue weighted by Crippen LogP contribution is -2.31. The third-order valence-electron chi connectivity index (χ3n) is 2.25. The van der Waals surface area contributed by atoms with E-state index in [1.807, 2.05) is 0 Å². The van der Waals surface area contributed by atoms with Crippen LogP contribution in [0, 0.1) is 22.7 Å². The minimum Gasteiger partial charge on any atom is -0.207 e. The molecule has 0 fully saturated rings. The largest absolute Gasteiger partial charge is 0.244 e. The second kappa shape index (κ2) is 5.97. The van der Waals surface area contributed by atoms with Crippen molar-refractivity contribution < 1.29 is 8.42 Å². The minimum absolute atomic E-state index is 0.0543. The summed E-state index contributed by atoms with van der Waals surface area (Å²) in [7, 11) is -3.80. The maximum Gasteiger partial charge on any atom is 0.244 e. The molecule has 92 valence electrons. The molecule has 0 saturated carbocycles. The molecule has 5 nitrogen and oxygen atoms in total. The second-order valence-electron chi connectivity index (χ2n) is 3.36. The molecule has 18 heavy (non-hydrogen) atoms. The van der Waals surface area contributed by atoms with E-state index in [9.17, 15) is 8.42 Å². The van der Waals surface area contributed by atoms with Crippen LogP contribution in [0.1, 0.15) is 5.56 Å². The number of hydrogen-bond donors (Lipinski definition) is 0. The number of hydrogen-bond acceptors (Lipinski definition) is 4. The molecule has 0 aliphatic heterocycles. The molecule has 1 aromatic carbocycles. The molecule has 0 aromatic heterocycles. The first-order valence-electron chi connectivity index (χ1n) is 5.03. The SMILES string of the molecule is C=Cc1ccc(S(=O)(=O)N(CC#N)CC#N)cc1. The van der Waals surface area contributed by atoms with Gasteiger partial charge in [-0.3, -0.25) is 0 Å². The van der Waals surface area contributed by atoms with E-state index in [-0.39, 0.29) is 18.0 Å². The zero-order valence-corrected chi connectivity index (χ0v) is 10.4. The van der Waals surface area contributed by atoms with Crippen molar-refractivity contribution in [1.29, 1.82) is 10.5 Å². The van der Waals surface area contributed by atoms with Gasteiger partial charge in [-0.2, -0.15) is 14.8 Å². The summed E-state index contributed by atoms with van der Waals surface area (Å²) in [5.41, 5.74) is 0.793. The van der Waals surface area contributed by atoms with E-state index in [0.717, 1.165) is 9.87 Å². The summed E-state index contributed by atoms with van der Waals surface area (Å²) in [5, 5.41) is 17.2. The van der Waals surface area contributed by atoms with Gasteiger partial charge in [-0.05, 0) is 17.7 Å². The Balaban J connectivity index is 3.14. The molecule has 1 aromatic rings. The summed E-state index contributed by atoms with van der Waals surface area (Å²) in [5.74, 6) is 0. The predicted molar refractivity (Wildman–Crippen MR) is 66.5 cm³/mol. The molecular weight excluding hydrogens is 250 g/mol. The summed E-state index contributed by atoms with van der Waals surface area (Å²) in [6, 6.07) is 9.53. The maximum atomic E-state index is 12.1. The average molecular weight is 261 g/mol. The van der Waals surface area contributed by atoms with Crippen LogP contribution < -0.4 is 0 Å². The zero-order chi connectivity index (χ0) is 13.6.